The largest absolute Gasteiger partial charge is 0.271 e. The Bertz CT molecular complexity index is 654. The zero-order valence-corrected chi connectivity index (χ0v) is 12.2. The average molecular weight is 307 g/mol. The fourth-order valence-corrected chi connectivity index (χ4v) is 2.18. The molecule has 1 N–H and O–H groups in total. The number of carbonyl (C=O) groups excluding carboxylic acids is 1. The number of rotatable bonds is 3. The van der Waals surface area contributed by atoms with Gasteiger partial charge in [-0.25, -0.2) is 5.43 Å². The number of nitrogens with one attached hydrogen (secondary N) is 1. The fraction of sp³-hybridized carbons (Fsp3) is 0.0667. The van der Waals surface area contributed by atoms with Gasteiger partial charge in [-0.2, -0.15) is 5.10 Å². The lowest BCUT2D eigenvalue weighted by atomic mass is 10.1. The molecule has 0 aliphatic heterocycles. The van der Waals surface area contributed by atoms with Gasteiger partial charge in [-0.15, -0.1) is 0 Å². The molecule has 2 aromatic rings. The third-order valence-electron chi connectivity index (χ3n) is 2.68. The number of benzene rings is 2. The van der Waals surface area contributed by atoms with Crippen molar-refractivity contribution in [3.63, 3.8) is 0 Å². The smallest absolute Gasteiger partial charge is 0.267 e. The van der Waals surface area contributed by atoms with E-state index in [4.69, 9.17) is 23.2 Å². The first-order valence-electron chi connectivity index (χ1n) is 5.93. The van der Waals surface area contributed by atoms with E-state index in [2.05, 4.69) is 10.5 Å². The molecule has 5 heteroatoms. The Morgan fingerprint density at radius 1 is 1.10 bits per heavy atom. The molecule has 3 nitrogen and oxygen atoms in total. The second kappa shape index (κ2) is 6.55. The molecule has 0 atom stereocenters. The van der Waals surface area contributed by atoms with Crippen LogP contribution < -0.4 is 5.43 Å². The number of carbonyl (C=O) groups is 1. The zero-order chi connectivity index (χ0) is 14.5. The summed E-state index contributed by atoms with van der Waals surface area (Å²) in [5, 5.41) is 5.10. The maximum Gasteiger partial charge on any atom is 0.271 e. The van der Waals surface area contributed by atoms with Crippen molar-refractivity contribution in [1.29, 1.82) is 0 Å². The quantitative estimate of drug-likeness (QED) is 0.672. The summed E-state index contributed by atoms with van der Waals surface area (Å²) in [6.45, 7) is 1.76. The van der Waals surface area contributed by atoms with E-state index in [1.807, 2.05) is 6.07 Å². The Morgan fingerprint density at radius 2 is 1.80 bits per heavy atom. The highest BCUT2D eigenvalue weighted by atomic mass is 35.5. The summed E-state index contributed by atoms with van der Waals surface area (Å²) in [4.78, 5) is 11.8. The highest BCUT2D eigenvalue weighted by molar-refractivity contribution is 6.37. The first kappa shape index (κ1) is 14.6. The molecule has 0 aromatic heterocycles. The second-order valence-corrected chi connectivity index (χ2v) is 4.97. The first-order chi connectivity index (χ1) is 9.58. The molecular formula is C15H12Cl2N2O. The summed E-state index contributed by atoms with van der Waals surface area (Å²) in [5.74, 6) is -0.268. The maximum absolute atomic E-state index is 11.8. The van der Waals surface area contributed by atoms with Crippen LogP contribution in [0.1, 0.15) is 22.8 Å². The SMILES string of the molecule is C/C(=N\NC(=O)c1ccccc1)c1ccc(Cl)cc1Cl. The number of nitrogens with zero attached hydrogens (tertiary/aromatic N) is 1. The second-order valence-electron chi connectivity index (χ2n) is 4.13. The molecule has 0 radical (unpaired) electrons. The Hall–Kier alpha value is -1.84. The standard InChI is InChI=1S/C15H12Cl2N2O/c1-10(13-8-7-12(16)9-14(13)17)18-19-15(20)11-5-3-2-4-6-11/h2-9H,1H3,(H,19,20)/b18-10+. The lowest BCUT2D eigenvalue weighted by molar-refractivity contribution is 0.0955. The molecule has 2 aromatic carbocycles. The lowest BCUT2D eigenvalue weighted by Gasteiger charge is -2.05. The Balaban J connectivity index is 2.13. The minimum atomic E-state index is -0.268. The van der Waals surface area contributed by atoms with E-state index < -0.39 is 0 Å². The highest BCUT2D eigenvalue weighted by Gasteiger charge is 2.06. The molecule has 0 heterocycles. The van der Waals surface area contributed by atoms with Gasteiger partial charge < -0.3 is 0 Å². The van der Waals surface area contributed by atoms with Crippen LogP contribution in [0.4, 0.5) is 0 Å². The molecule has 0 aliphatic carbocycles. The van der Waals surface area contributed by atoms with Crippen molar-refractivity contribution in [2.45, 2.75) is 6.92 Å². The normalized spacial score (nSPS) is 11.2. The molecule has 0 aliphatic rings. The van der Waals surface area contributed by atoms with Gasteiger partial charge in [0.25, 0.3) is 5.91 Å². The van der Waals surface area contributed by atoms with Crippen LogP contribution in [0.5, 0.6) is 0 Å². The third-order valence-corrected chi connectivity index (χ3v) is 3.23. The van der Waals surface area contributed by atoms with Gasteiger partial charge in [0, 0.05) is 16.1 Å². The summed E-state index contributed by atoms with van der Waals surface area (Å²) in [6, 6.07) is 14.0. The predicted molar refractivity (Wildman–Crippen MR) is 82.6 cm³/mol. The van der Waals surface area contributed by atoms with Gasteiger partial charge >= 0.3 is 0 Å². The predicted octanol–water partition coefficient (Wildman–Crippen LogP) is 4.15. The van der Waals surface area contributed by atoms with Gasteiger partial charge in [0.1, 0.15) is 0 Å². The molecule has 0 bridgehead atoms. The summed E-state index contributed by atoms with van der Waals surface area (Å²) >= 11 is 11.9. The van der Waals surface area contributed by atoms with Crippen molar-refractivity contribution in [3.8, 4) is 0 Å². The minimum absolute atomic E-state index is 0.268. The molecule has 0 spiro atoms. The number of hydrazone groups is 1. The van der Waals surface area contributed by atoms with E-state index in [9.17, 15) is 4.79 Å². The number of halogens is 2. The Labute approximate surface area is 127 Å². The number of hydrogen-bond donors (Lipinski definition) is 1. The molecule has 1 amide bonds. The van der Waals surface area contributed by atoms with E-state index in [0.29, 0.717) is 21.3 Å². The molecule has 0 fully saturated rings. The summed E-state index contributed by atoms with van der Waals surface area (Å²) < 4.78 is 0. The number of hydrogen-bond acceptors (Lipinski definition) is 2. The molecule has 0 unspecified atom stereocenters. The van der Waals surface area contributed by atoms with Gasteiger partial charge in [0.05, 0.1) is 10.7 Å². The van der Waals surface area contributed by atoms with Crippen LogP contribution in [0, 0.1) is 0 Å². The van der Waals surface area contributed by atoms with Crippen LogP contribution >= 0.6 is 23.2 Å². The van der Waals surface area contributed by atoms with Gasteiger partial charge in [-0.3, -0.25) is 4.79 Å². The van der Waals surface area contributed by atoms with Crippen LogP contribution in [0.15, 0.2) is 53.6 Å². The fourth-order valence-electron chi connectivity index (χ4n) is 1.63. The highest BCUT2D eigenvalue weighted by Crippen LogP contribution is 2.21. The average Bonchev–Trinajstić information content (AvgIpc) is 2.45. The maximum atomic E-state index is 11.8. The Morgan fingerprint density at radius 3 is 2.45 bits per heavy atom. The van der Waals surface area contributed by atoms with Crippen molar-refractivity contribution in [3.05, 3.63) is 69.7 Å². The van der Waals surface area contributed by atoms with Gasteiger partial charge in [0.15, 0.2) is 0 Å². The van der Waals surface area contributed by atoms with Gasteiger partial charge in [-0.1, -0.05) is 47.5 Å². The van der Waals surface area contributed by atoms with Crippen molar-refractivity contribution >= 4 is 34.8 Å². The van der Waals surface area contributed by atoms with Crippen molar-refractivity contribution in [2.24, 2.45) is 5.10 Å². The topological polar surface area (TPSA) is 41.5 Å². The van der Waals surface area contributed by atoms with Crippen molar-refractivity contribution in [1.82, 2.24) is 5.43 Å². The minimum Gasteiger partial charge on any atom is -0.267 e. The number of amides is 1. The summed E-state index contributed by atoms with van der Waals surface area (Å²) in [7, 11) is 0. The van der Waals surface area contributed by atoms with Crippen LogP contribution in [0.3, 0.4) is 0 Å². The van der Waals surface area contributed by atoms with E-state index in [1.165, 1.54) is 0 Å². The zero-order valence-electron chi connectivity index (χ0n) is 10.7. The molecule has 0 saturated heterocycles. The van der Waals surface area contributed by atoms with Gasteiger partial charge in [0.2, 0.25) is 0 Å². The van der Waals surface area contributed by atoms with Crippen molar-refractivity contribution < 1.29 is 4.79 Å². The first-order valence-corrected chi connectivity index (χ1v) is 6.68. The molecule has 0 saturated carbocycles. The van der Waals surface area contributed by atoms with E-state index in [-0.39, 0.29) is 5.91 Å². The molecule has 20 heavy (non-hydrogen) atoms. The van der Waals surface area contributed by atoms with Crippen molar-refractivity contribution in [2.75, 3.05) is 0 Å². The summed E-state index contributed by atoms with van der Waals surface area (Å²) in [6.07, 6.45) is 0. The summed E-state index contributed by atoms with van der Waals surface area (Å²) in [5.41, 5.74) is 4.38. The van der Waals surface area contributed by atoms with E-state index in [0.717, 1.165) is 5.56 Å². The van der Waals surface area contributed by atoms with Crippen LogP contribution in [0.2, 0.25) is 10.0 Å². The molecule has 2 rings (SSSR count). The van der Waals surface area contributed by atoms with Crippen LogP contribution in [-0.4, -0.2) is 11.6 Å². The van der Waals surface area contributed by atoms with Crippen LogP contribution in [-0.2, 0) is 0 Å². The Kier molecular flexibility index (Phi) is 4.77. The van der Waals surface area contributed by atoms with E-state index >= 15 is 0 Å². The van der Waals surface area contributed by atoms with E-state index in [1.54, 1.807) is 49.4 Å². The van der Waals surface area contributed by atoms with Gasteiger partial charge in [-0.05, 0) is 31.2 Å². The third kappa shape index (κ3) is 3.59. The lowest BCUT2D eigenvalue weighted by Crippen LogP contribution is -2.19. The monoisotopic (exact) mass is 306 g/mol. The molecule has 102 valence electrons. The molecular weight excluding hydrogens is 295 g/mol. The van der Waals surface area contributed by atoms with Crippen LogP contribution in [0.25, 0.3) is 0 Å².